The number of hydrogen-bond donors (Lipinski definition) is 1. The molecular formula is C14H15N3O. The maximum atomic E-state index is 11.0. The summed E-state index contributed by atoms with van der Waals surface area (Å²) in [5, 5.41) is 2.83. The second kappa shape index (κ2) is 4.29. The second-order valence-corrected chi connectivity index (χ2v) is 4.66. The first kappa shape index (κ1) is 11.0. The van der Waals surface area contributed by atoms with Gasteiger partial charge in [0.15, 0.2) is 0 Å². The Balaban J connectivity index is 1.92. The molecule has 0 radical (unpaired) electrons. The lowest BCUT2D eigenvalue weighted by Gasteiger charge is -2.13. The Morgan fingerprint density at radius 1 is 1.50 bits per heavy atom. The van der Waals surface area contributed by atoms with Gasteiger partial charge in [-0.1, -0.05) is 6.07 Å². The van der Waals surface area contributed by atoms with E-state index in [1.807, 2.05) is 24.8 Å². The van der Waals surface area contributed by atoms with E-state index in [0.717, 1.165) is 18.5 Å². The molecule has 1 heterocycles. The summed E-state index contributed by atoms with van der Waals surface area (Å²) in [6, 6.07) is 6.54. The zero-order valence-corrected chi connectivity index (χ0v) is 10.3. The van der Waals surface area contributed by atoms with Crippen molar-refractivity contribution in [3.05, 3.63) is 48.0 Å². The predicted molar refractivity (Wildman–Crippen MR) is 69.4 cm³/mol. The molecule has 1 aromatic heterocycles. The van der Waals surface area contributed by atoms with Crippen molar-refractivity contribution in [2.24, 2.45) is 0 Å². The van der Waals surface area contributed by atoms with Crippen molar-refractivity contribution < 1.29 is 4.79 Å². The topological polar surface area (TPSA) is 46.9 Å². The maximum Gasteiger partial charge on any atom is 0.221 e. The van der Waals surface area contributed by atoms with E-state index in [9.17, 15) is 4.79 Å². The number of carbonyl (C=O) groups is 1. The van der Waals surface area contributed by atoms with Crippen LogP contribution in [0.25, 0.3) is 0 Å². The average Bonchev–Trinajstić information content (AvgIpc) is 2.94. The molecule has 0 aliphatic heterocycles. The Morgan fingerprint density at radius 2 is 2.39 bits per heavy atom. The highest BCUT2D eigenvalue weighted by atomic mass is 16.1. The fraction of sp³-hybridized carbons (Fsp3) is 0.286. The van der Waals surface area contributed by atoms with Gasteiger partial charge in [-0.05, 0) is 36.1 Å². The number of amides is 1. The maximum absolute atomic E-state index is 11.0. The molecule has 1 N–H and O–H groups in total. The van der Waals surface area contributed by atoms with Crippen molar-refractivity contribution in [1.82, 2.24) is 9.55 Å². The average molecular weight is 241 g/mol. The van der Waals surface area contributed by atoms with Gasteiger partial charge in [-0.2, -0.15) is 0 Å². The fourth-order valence-electron chi connectivity index (χ4n) is 2.64. The smallest absolute Gasteiger partial charge is 0.221 e. The summed E-state index contributed by atoms with van der Waals surface area (Å²) in [7, 11) is 0. The molecule has 2 aromatic rings. The van der Waals surface area contributed by atoms with Crippen LogP contribution in [0, 0.1) is 0 Å². The van der Waals surface area contributed by atoms with Crippen molar-refractivity contribution in [3.8, 4) is 0 Å². The van der Waals surface area contributed by atoms with E-state index in [2.05, 4.69) is 27.0 Å². The molecule has 3 rings (SSSR count). The lowest BCUT2D eigenvalue weighted by Crippen LogP contribution is -2.07. The Morgan fingerprint density at radius 3 is 3.11 bits per heavy atom. The largest absolute Gasteiger partial charge is 0.330 e. The molecule has 1 aliphatic carbocycles. The van der Waals surface area contributed by atoms with Gasteiger partial charge in [0.2, 0.25) is 5.91 Å². The number of benzene rings is 1. The predicted octanol–water partition coefficient (Wildman–Crippen LogP) is 2.38. The minimum Gasteiger partial charge on any atom is -0.330 e. The molecule has 92 valence electrons. The van der Waals surface area contributed by atoms with Crippen LogP contribution in [0.5, 0.6) is 0 Å². The van der Waals surface area contributed by atoms with Crippen LogP contribution in [0.4, 0.5) is 5.69 Å². The summed E-state index contributed by atoms with van der Waals surface area (Å²) in [6.07, 6.45) is 7.81. The highest BCUT2D eigenvalue weighted by Crippen LogP contribution is 2.35. The Hall–Kier alpha value is -2.10. The van der Waals surface area contributed by atoms with Crippen LogP contribution in [0.15, 0.2) is 36.9 Å². The highest BCUT2D eigenvalue weighted by molar-refractivity contribution is 5.88. The quantitative estimate of drug-likeness (QED) is 0.877. The van der Waals surface area contributed by atoms with Crippen LogP contribution in [-0.4, -0.2) is 15.5 Å². The van der Waals surface area contributed by atoms with Gasteiger partial charge in [-0.3, -0.25) is 4.79 Å². The van der Waals surface area contributed by atoms with E-state index in [1.165, 1.54) is 18.1 Å². The molecule has 1 atom stereocenters. The van der Waals surface area contributed by atoms with Gasteiger partial charge in [0, 0.05) is 25.0 Å². The monoisotopic (exact) mass is 241 g/mol. The summed E-state index contributed by atoms with van der Waals surface area (Å²) in [4.78, 5) is 15.1. The van der Waals surface area contributed by atoms with Crippen molar-refractivity contribution in [1.29, 1.82) is 0 Å². The van der Waals surface area contributed by atoms with Gasteiger partial charge >= 0.3 is 0 Å². The van der Waals surface area contributed by atoms with Crippen LogP contribution < -0.4 is 5.32 Å². The molecule has 1 amide bonds. The van der Waals surface area contributed by atoms with Crippen molar-refractivity contribution >= 4 is 11.6 Å². The van der Waals surface area contributed by atoms with Crippen LogP contribution in [0.1, 0.15) is 30.5 Å². The summed E-state index contributed by atoms with van der Waals surface area (Å²) >= 11 is 0. The lowest BCUT2D eigenvalue weighted by atomic mass is 10.1. The summed E-state index contributed by atoms with van der Waals surface area (Å²) in [6.45, 7) is 1.53. The molecular weight excluding hydrogens is 226 g/mol. The van der Waals surface area contributed by atoms with Crippen molar-refractivity contribution in [2.45, 2.75) is 25.8 Å². The number of imidazole rings is 1. The summed E-state index contributed by atoms with van der Waals surface area (Å²) in [5.74, 6) is -0.0286. The first-order valence-electron chi connectivity index (χ1n) is 6.12. The van der Waals surface area contributed by atoms with E-state index in [0.29, 0.717) is 6.04 Å². The minimum atomic E-state index is -0.0286. The van der Waals surface area contributed by atoms with E-state index >= 15 is 0 Å². The molecule has 1 aromatic carbocycles. The first-order valence-corrected chi connectivity index (χ1v) is 6.12. The Labute approximate surface area is 106 Å². The van der Waals surface area contributed by atoms with Crippen LogP contribution in [0.3, 0.4) is 0 Å². The van der Waals surface area contributed by atoms with Crippen LogP contribution in [0.2, 0.25) is 0 Å². The molecule has 0 spiro atoms. The molecule has 4 heteroatoms. The zero-order valence-electron chi connectivity index (χ0n) is 10.3. The number of anilines is 1. The van der Waals surface area contributed by atoms with Gasteiger partial charge < -0.3 is 9.88 Å². The summed E-state index contributed by atoms with van der Waals surface area (Å²) in [5.41, 5.74) is 3.54. The van der Waals surface area contributed by atoms with E-state index < -0.39 is 0 Å². The third-order valence-corrected chi connectivity index (χ3v) is 3.39. The van der Waals surface area contributed by atoms with Gasteiger partial charge in [0.25, 0.3) is 0 Å². The van der Waals surface area contributed by atoms with Gasteiger partial charge in [0.05, 0.1) is 12.4 Å². The number of aromatic nitrogens is 2. The molecule has 0 saturated heterocycles. The number of aryl methyl sites for hydroxylation is 1. The zero-order chi connectivity index (χ0) is 12.5. The number of nitrogens with one attached hydrogen (secondary N) is 1. The first-order chi connectivity index (χ1) is 8.74. The van der Waals surface area contributed by atoms with Gasteiger partial charge in [0.1, 0.15) is 0 Å². The molecule has 4 nitrogen and oxygen atoms in total. The molecule has 0 saturated carbocycles. The van der Waals surface area contributed by atoms with E-state index in [-0.39, 0.29) is 5.91 Å². The Bertz CT molecular complexity index is 575. The third-order valence-electron chi connectivity index (χ3n) is 3.39. The van der Waals surface area contributed by atoms with Crippen molar-refractivity contribution in [3.63, 3.8) is 0 Å². The van der Waals surface area contributed by atoms with Gasteiger partial charge in [-0.25, -0.2) is 4.98 Å². The van der Waals surface area contributed by atoms with E-state index in [1.54, 1.807) is 0 Å². The fourth-order valence-corrected chi connectivity index (χ4v) is 2.64. The lowest BCUT2D eigenvalue weighted by molar-refractivity contribution is -0.114. The Kier molecular flexibility index (Phi) is 2.63. The molecule has 0 fully saturated rings. The molecule has 18 heavy (non-hydrogen) atoms. The third kappa shape index (κ3) is 1.90. The molecule has 0 bridgehead atoms. The second-order valence-electron chi connectivity index (χ2n) is 4.66. The standard InChI is InChI=1S/C14H15N3O/c1-10(18)16-12-3-4-13-11(8-12)2-5-14(13)17-7-6-15-9-17/h3-4,6-9,14H,2,5H2,1H3,(H,16,18). The van der Waals surface area contributed by atoms with Crippen molar-refractivity contribution in [2.75, 3.05) is 5.32 Å². The summed E-state index contributed by atoms with van der Waals surface area (Å²) < 4.78 is 2.14. The molecule has 1 aliphatic rings. The number of rotatable bonds is 2. The van der Waals surface area contributed by atoms with E-state index in [4.69, 9.17) is 0 Å². The highest BCUT2D eigenvalue weighted by Gasteiger charge is 2.23. The normalized spacial score (nSPS) is 17.5. The van der Waals surface area contributed by atoms with Gasteiger partial charge in [-0.15, -0.1) is 0 Å². The minimum absolute atomic E-state index is 0.0286. The number of nitrogens with zero attached hydrogens (tertiary/aromatic N) is 2. The van der Waals surface area contributed by atoms with Crippen LogP contribution in [-0.2, 0) is 11.2 Å². The number of fused-ring (bicyclic) bond motifs is 1. The number of carbonyl (C=O) groups excluding carboxylic acids is 1. The van der Waals surface area contributed by atoms with Crippen LogP contribution >= 0.6 is 0 Å². The SMILES string of the molecule is CC(=O)Nc1ccc2c(c1)CCC2n1ccnc1. The number of hydrogen-bond acceptors (Lipinski definition) is 2. The molecule has 1 unspecified atom stereocenters.